The minimum absolute atomic E-state index is 0.0591. The normalized spacial score (nSPS) is 13.9. The van der Waals surface area contributed by atoms with Gasteiger partial charge in [0.25, 0.3) is 5.91 Å². The number of fused-ring (bicyclic) bond motifs is 1. The van der Waals surface area contributed by atoms with Crippen molar-refractivity contribution in [3.63, 3.8) is 0 Å². The van der Waals surface area contributed by atoms with Crippen molar-refractivity contribution in [3.05, 3.63) is 45.6 Å². The Morgan fingerprint density at radius 1 is 1.33 bits per heavy atom. The van der Waals surface area contributed by atoms with Crippen molar-refractivity contribution in [2.75, 3.05) is 31.3 Å². The highest BCUT2D eigenvalue weighted by Crippen LogP contribution is 2.27. The number of carbonyl (C=O) groups is 1. The second kappa shape index (κ2) is 5.41. The molecule has 3 rings (SSSR count). The minimum Gasteiger partial charge on any atom is -0.397 e. The van der Waals surface area contributed by atoms with E-state index in [0.29, 0.717) is 17.8 Å². The summed E-state index contributed by atoms with van der Waals surface area (Å²) in [6, 6.07) is 7.66. The van der Waals surface area contributed by atoms with Crippen molar-refractivity contribution in [1.82, 2.24) is 4.90 Å². The van der Waals surface area contributed by atoms with Crippen molar-refractivity contribution in [1.29, 1.82) is 0 Å². The SMILES string of the molecule is CN(C)c1ccc(C(=O)N2CCc3sccc3C2)cc1N. The molecule has 0 saturated heterocycles. The summed E-state index contributed by atoms with van der Waals surface area (Å²) in [4.78, 5) is 17.9. The van der Waals surface area contributed by atoms with Crippen LogP contribution in [-0.2, 0) is 13.0 Å². The van der Waals surface area contributed by atoms with E-state index in [1.54, 1.807) is 17.4 Å². The van der Waals surface area contributed by atoms with Crippen LogP contribution in [0.4, 0.5) is 11.4 Å². The van der Waals surface area contributed by atoms with E-state index in [-0.39, 0.29) is 5.91 Å². The maximum atomic E-state index is 12.6. The van der Waals surface area contributed by atoms with E-state index in [9.17, 15) is 4.79 Å². The standard InChI is InChI=1S/C16H19N3OS/c1-18(2)14-4-3-11(9-13(14)17)16(20)19-7-5-15-12(10-19)6-8-21-15/h3-4,6,8-9H,5,7,10,17H2,1-2H3. The summed E-state index contributed by atoms with van der Waals surface area (Å²) in [7, 11) is 3.88. The first-order chi connectivity index (χ1) is 10.1. The molecule has 21 heavy (non-hydrogen) atoms. The van der Waals surface area contributed by atoms with Gasteiger partial charge in [-0.05, 0) is 41.6 Å². The predicted octanol–water partition coefficient (Wildman–Crippen LogP) is 2.59. The van der Waals surface area contributed by atoms with Crippen LogP contribution in [0.25, 0.3) is 0 Å². The zero-order valence-electron chi connectivity index (χ0n) is 12.3. The predicted molar refractivity (Wildman–Crippen MR) is 87.9 cm³/mol. The van der Waals surface area contributed by atoms with E-state index >= 15 is 0 Å². The highest BCUT2D eigenvalue weighted by Gasteiger charge is 2.22. The molecule has 0 atom stereocenters. The van der Waals surface area contributed by atoms with E-state index in [2.05, 4.69) is 11.4 Å². The van der Waals surface area contributed by atoms with E-state index in [1.165, 1.54) is 10.4 Å². The van der Waals surface area contributed by atoms with Crippen LogP contribution in [0.3, 0.4) is 0 Å². The maximum Gasteiger partial charge on any atom is 0.254 e. The number of hydrogen-bond acceptors (Lipinski definition) is 4. The van der Waals surface area contributed by atoms with Gasteiger partial charge >= 0.3 is 0 Å². The first kappa shape index (κ1) is 13.9. The molecular formula is C16H19N3OS. The lowest BCUT2D eigenvalue weighted by molar-refractivity contribution is 0.0736. The summed E-state index contributed by atoms with van der Waals surface area (Å²) >= 11 is 1.78. The van der Waals surface area contributed by atoms with Crippen molar-refractivity contribution in [3.8, 4) is 0 Å². The number of nitrogen functional groups attached to an aromatic ring is 1. The maximum absolute atomic E-state index is 12.6. The number of anilines is 2. The molecule has 2 aromatic rings. The average molecular weight is 301 g/mol. The van der Waals surface area contributed by atoms with Gasteiger partial charge in [-0.2, -0.15) is 0 Å². The summed E-state index contributed by atoms with van der Waals surface area (Å²) in [5.74, 6) is 0.0591. The fourth-order valence-corrected chi connectivity index (χ4v) is 3.59. The number of benzene rings is 1. The van der Waals surface area contributed by atoms with E-state index in [1.807, 2.05) is 36.0 Å². The molecule has 1 aromatic heterocycles. The van der Waals surface area contributed by atoms with Crippen LogP contribution < -0.4 is 10.6 Å². The molecule has 1 aliphatic heterocycles. The van der Waals surface area contributed by atoms with Gasteiger partial charge in [-0.3, -0.25) is 4.79 Å². The van der Waals surface area contributed by atoms with E-state index < -0.39 is 0 Å². The number of nitrogens with zero attached hydrogens (tertiary/aromatic N) is 2. The Bertz CT molecular complexity index is 678. The molecule has 1 aromatic carbocycles. The average Bonchev–Trinajstić information content (AvgIpc) is 2.93. The fraction of sp³-hybridized carbons (Fsp3) is 0.312. The van der Waals surface area contributed by atoms with Crippen molar-refractivity contribution in [2.45, 2.75) is 13.0 Å². The van der Waals surface area contributed by atoms with Gasteiger partial charge in [-0.1, -0.05) is 0 Å². The van der Waals surface area contributed by atoms with Crippen LogP contribution in [0.1, 0.15) is 20.8 Å². The molecule has 0 saturated carbocycles. The van der Waals surface area contributed by atoms with Crippen molar-refractivity contribution in [2.24, 2.45) is 0 Å². The third-order valence-corrected chi connectivity index (χ3v) is 4.87. The molecule has 4 nitrogen and oxygen atoms in total. The van der Waals surface area contributed by atoms with Crippen LogP contribution in [0.2, 0.25) is 0 Å². The van der Waals surface area contributed by atoms with Crippen LogP contribution in [0, 0.1) is 0 Å². The molecule has 0 unspecified atom stereocenters. The molecule has 0 bridgehead atoms. The van der Waals surface area contributed by atoms with Gasteiger partial charge in [-0.15, -0.1) is 11.3 Å². The lowest BCUT2D eigenvalue weighted by atomic mass is 10.1. The monoisotopic (exact) mass is 301 g/mol. The number of rotatable bonds is 2. The number of nitrogens with two attached hydrogens (primary N) is 1. The molecule has 1 amide bonds. The number of thiophene rings is 1. The second-order valence-electron chi connectivity index (χ2n) is 5.51. The lowest BCUT2D eigenvalue weighted by Gasteiger charge is -2.27. The van der Waals surface area contributed by atoms with Gasteiger partial charge in [-0.25, -0.2) is 0 Å². The third-order valence-electron chi connectivity index (χ3n) is 3.85. The zero-order chi connectivity index (χ0) is 15.0. The largest absolute Gasteiger partial charge is 0.397 e. The summed E-state index contributed by atoms with van der Waals surface area (Å²) in [6.45, 7) is 1.48. The number of hydrogen-bond donors (Lipinski definition) is 1. The number of amides is 1. The highest BCUT2D eigenvalue weighted by molar-refractivity contribution is 7.10. The van der Waals surface area contributed by atoms with Gasteiger partial charge in [0, 0.05) is 37.6 Å². The molecule has 2 heterocycles. The summed E-state index contributed by atoms with van der Waals surface area (Å²) in [6.07, 6.45) is 0.948. The molecule has 1 aliphatic rings. The summed E-state index contributed by atoms with van der Waals surface area (Å²) in [5, 5.41) is 2.10. The molecule has 0 radical (unpaired) electrons. The van der Waals surface area contributed by atoms with Gasteiger partial charge in [0.2, 0.25) is 0 Å². The molecule has 2 N–H and O–H groups in total. The molecule has 0 fully saturated rings. The van der Waals surface area contributed by atoms with E-state index in [0.717, 1.165) is 18.7 Å². The van der Waals surface area contributed by atoms with Crippen LogP contribution in [-0.4, -0.2) is 31.4 Å². The van der Waals surface area contributed by atoms with Gasteiger partial charge in [0.1, 0.15) is 0 Å². The van der Waals surface area contributed by atoms with Gasteiger partial charge < -0.3 is 15.5 Å². The van der Waals surface area contributed by atoms with Crippen LogP contribution in [0.5, 0.6) is 0 Å². The third kappa shape index (κ3) is 2.61. The molecule has 0 spiro atoms. The Kier molecular flexibility index (Phi) is 3.59. The fourth-order valence-electron chi connectivity index (χ4n) is 2.70. The molecule has 110 valence electrons. The Balaban J connectivity index is 1.82. The zero-order valence-corrected chi connectivity index (χ0v) is 13.1. The summed E-state index contributed by atoms with van der Waals surface area (Å²) in [5.41, 5.74) is 9.55. The van der Waals surface area contributed by atoms with Crippen molar-refractivity contribution >= 4 is 28.6 Å². The number of carbonyl (C=O) groups excluding carboxylic acids is 1. The lowest BCUT2D eigenvalue weighted by Crippen LogP contribution is -2.35. The van der Waals surface area contributed by atoms with Gasteiger partial charge in [0.05, 0.1) is 11.4 Å². The topological polar surface area (TPSA) is 49.6 Å². The molecule has 0 aliphatic carbocycles. The summed E-state index contributed by atoms with van der Waals surface area (Å²) < 4.78 is 0. The Hall–Kier alpha value is -2.01. The molecule has 5 heteroatoms. The Morgan fingerprint density at radius 2 is 2.14 bits per heavy atom. The highest BCUT2D eigenvalue weighted by atomic mass is 32.1. The van der Waals surface area contributed by atoms with Crippen molar-refractivity contribution < 1.29 is 4.79 Å². The smallest absolute Gasteiger partial charge is 0.254 e. The minimum atomic E-state index is 0.0591. The van der Waals surface area contributed by atoms with Crippen LogP contribution >= 0.6 is 11.3 Å². The quantitative estimate of drug-likeness (QED) is 0.867. The Morgan fingerprint density at radius 3 is 2.86 bits per heavy atom. The first-order valence-corrected chi connectivity index (χ1v) is 7.85. The van der Waals surface area contributed by atoms with Gasteiger partial charge in [0.15, 0.2) is 0 Å². The first-order valence-electron chi connectivity index (χ1n) is 6.97. The van der Waals surface area contributed by atoms with E-state index in [4.69, 9.17) is 5.73 Å². The van der Waals surface area contributed by atoms with Crippen LogP contribution in [0.15, 0.2) is 29.6 Å². The molecular weight excluding hydrogens is 282 g/mol. The Labute approximate surface area is 128 Å². The second-order valence-corrected chi connectivity index (χ2v) is 6.51.